The Morgan fingerprint density at radius 3 is 2.42 bits per heavy atom. The summed E-state index contributed by atoms with van der Waals surface area (Å²) in [5.74, 6) is 1.35. The van der Waals surface area contributed by atoms with Crippen LogP contribution >= 0.6 is 0 Å². The Morgan fingerprint density at radius 1 is 0.944 bits per heavy atom. The van der Waals surface area contributed by atoms with Gasteiger partial charge in [0.15, 0.2) is 11.5 Å². The van der Waals surface area contributed by atoms with Crippen molar-refractivity contribution in [1.82, 2.24) is 0 Å². The molecule has 0 amide bonds. The molecule has 0 aromatic heterocycles. The zero-order valence-electron chi connectivity index (χ0n) is 20.4. The van der Waals surface area contributed by atoms with Gasteiger partial charge in [-0.15, -0.1) is 13.2 Å². The smallest absolute Gasteiger partial charge is 0.461 e. The van der Waals surface area contributed by atoms with Gasteiger partial charge in [-0.3, -0.25) is 0 Å². The first-order valence-corrected chi connectivity index (χ1v) is 12.7. The lowest BCUT2D eigenvalue weighted by Crippen LogP contribution is -2.37. The number of hydrogen-bond acceptors (Lipinski definition) is 5. The van der Waals surface area contributed by atoms with E-state index >= 15 is 0 Å². The molecule has 2 bridgehead atoms. The molecule has 0 heterocycles. The number of esters is 1. The third kappa shape index (κ3) is 5.33. The molecular weight excluding hydrogens is 473 g/mol. The highest BCUT2D eigenvalue weighted by molar-refractivity contribution is 5.91. The van der Waals surface area contributed by atoms with Crippen molar-refractivity contribution in [3.05, 3.63) is 54.1 Å². The SMILES string of the molecule is CC(C)C(Oc1cc(C(=O)Oc2ccccc2)ccc1OC(F)(F)F)OC1CC2CC1C1CCCC21. The number of benzene rings is 2. The maximum atomic E-state index is 13.1. The molecule has 0 N–H and O–H groups in total. The molecule has 2 aromatic carbocycles. The van der Waals surface area contributed by atoms with E-state index in [2.05, 4.69) is 4.74 Å². The number of carbonyl (C=O) groups is 1. The average molecular weight is 505 g/mol. The Kier molecular flexibility index (Phi) is 6.90. The Hall–Kier alpha value is -2.74. The summed E-state index contributed by atoms with van der Waals surface area (Å²) >= 11 is 0. The number of rotatable bonds is 8. The molecule has 3 saturated carbocycles. The van der Waals surface area contributed by atoms with Gasteiger partial charge in [0.05, 0.1) is 11.7 Å². The lowest BCUT2D eigenvalue weighted by molar-refractivity contribution is -0.275. The Morgan fingerprint density at radius 2 is 1.69 bits per heavy atom. The topological polar surface area (TPSA) is 54.0 Å². The number of fused-ring (bicyclic) bond motifs is 5. The van der Waals surface area contributed by atoms with Crippen molar-refractivity contribution >= 4 is 5.97 Å². The Balaban J connectivity index is 1.35. The molecule has 6 unspecified atom stereocenters. The summed E-state index contributed by atoms with van der Waals surface area (Å²) < 4.78 is 61.3. The fourth-order valence-corrected chi connectivity index (χ4v) is 6.37. The fraction of sp³-hybridized carbons (Fsp3) is 0.536. The first-order valence-electron chi connectivity index (χ1n) is 12.7. The molecular formula is C28H31F3O5. The van der Waals surface area contributed by atoms with Gasteiger partial charge in [-0.25, -0.2) is 4.79 Å². The number of alkyl halides is 3. The van der Waals surface area contributed by atoms with Crippen LogP contribution in [0.15, 0.2) is 48.5 Å². The van der Waals surface area contributed by atoms with Crippen molar-refractivity contribution in [1.29, 1.82) is 0 Å². The first kappa shape index (κ1) is 24.9. The van der Waals surface area contributed by atoms with Gasteiger partial charge < -0.3 is 18.9 Å². The third-order valence-corrected chi connectivity index (χ3v) is 7.82. The van der Waals surface area contributed by atoms with Gasteiger partial charge in [0.1, 0.15) is 5.75 Å². The first-order chi connectivity index (χ1) is 17.2. The van der Waals surface area contributed by atoms with E-state index in [1.165, 1.54) is 31.4 Å². The van der Waals surface area contributed by atoms with E-state index in [1.54, 1.807) is 30.3 Å². The summed E-state index contributed by atoms with van der Waals surface area (Å²) in [4.78, 5) is 12.7. The highest BCUT2D eigenvalue weighted by atomic mass is 19.4. The number of para-hydroxylation sites is 1. The number of ether oxygens (including phenoxy) is 4. The molecule has 0 spiro atoms. The minimum Gasteiger partial charge on any atom is -0.461 e. The number of carbonyl (C=O) groups excluding carboxylic acids is 1. The van der Waals surface area contributed by atoms with Crippen molar-refractivity contribution in [2.45, 2.75) is 64.7 Å². The summed E-state index contributed by atoms with van der Waals surface area (Å²) in [6.45, 7) is 3.79. The van der Waals surface area contributed by atoms with Crippen molar-refractivity contribution in [3.63, 3.8) is 0 Å². The van der Waals surface area contributed by atoms with E-state index in [-0.39, 0.29) is 23.3 Å². The normalized spacial score (nSPS) is 27.7. The van der Waals surface area contributed by atoms with E-state index in [9.17, 15) is 18.0 Å². The highest BCUT2D eigenvalue weighted by Crippen LogP contribution is 2.59. The van der Waals surface area contributed by atoms with Crippen molar-refractivity contribution in [3.8, 4) is 17.2 Å². The van der Waals surface area contributed by atoms with Crippen LogP contribution in [0.4, 0.5) is 13.2 Å². The second-order valence-corrected chi connectivity index (χ2v) is 10.5. The lowest BCUT2D eigenvalue weighted by Gasteiger charge is -2.35. The minimum atomic E-state index is -4.92. The number of halogens is 3. The van der Waals surface area contributed by atoms with E-state index < -0.39 is 24.4 Å². The van der Waals surface area contributed by atoms with Crippen LogP contribution in [0.25, 0.3) is 0 Å². The van der Waals surface area contributed by atoms with Crippen LogP contribution in [-0.2, 0) is 4.74 Å². The zero-order valence-corrected chi connectivity index (χ0v) is 20.4. The van der Waals surface area contributed by atoms with E-state index in [4.69, 9.17) is 14.2 Å². The Bertz CT molecular complexity index is 1070. The van der Waals surface area contributed by atoms with Crippen LogP contribution < -0.4 is 14.2 Å². The van der Waals surface area contributed by atoms with Gasteiger partial charge in [-0.05, 0) is 79.7 Å². The van der Waals surface area contributed by atoms with Crippen molar-refractivity contribution in [2.24, 2.45) is 29.6 Å². The van der Waals surface area contributed by atoms with Gasteiger partial charge in [0.25, 0.3) is 0 Å². The quantitative estimate of drug-likeness (QED) is 0.220. The molecule has 5 rings (SSSR count). The lowest BCUT2D eigenvalue weighted by atomic mass is 9.80. The molecule has 3 aliphatic carbocycles. The molecule has 0 saturated heterocycles. The van der Waals surface area contributed by atoms with Gasteiger partial charge in [-0.2, -0.15) is 0 Å². The predicted octanol–water partition coefficient (Wildman–Crippen LogP) is 7.01. The van der Waals surface area contributed by atoms with E-state index in [1.807, 2.05) is 13.8 Å². The summed E-state index contributed by atoms with van der Waals surface area (Å²) in [6.07, 6.45) is 0.247. The molecule has 0 radical (unpaired) electrons. The summed E-state index contributed by atoms with van der Waals surface area (Å²) in [5, 5.41) is 0. The van der Waals surface area contributed by atoms with Crippen LogP contribution in [-0.4, -0.2) is 24.7 Å². The van der Waals surface area contributed by atoms with Gasteiger partial charge in [0, 0.05) is 5.92 Å². The molecule has 3 fully saturated rings. The molecule has 6 atom stereocenters. The standard InChI is InChI=1S/C28H31F3O5/c1-16(2)27(34-24-15-18-13-22(24)21-10-6-9-20(18)21)35-25-14-17(11-12-23(25)36-28(29,30)31)26(32)33-19-7-4-3-5-8-19/h3-5,7-8,11-12,14,16,18,20-22,24,27H,6,9-10,13,15H2,1-2H3. The second-order valence-electron chi connectivity index (χ2n) is 10.5. The van der Waals surface area contributed by atoms with Crippen molar-refractivity contribution < 1.29 is 36.9 Å². The molecule has 3 aliphatic rings. The minimum absolute atomic E-state index is 0.0277. The van der Waals surface area contributed by atoms with Crippen LogP contribution in [0, 0.1) is 29.6 Å². The molecule has 8 heteroatoms. The van der Waals surface area contributed by atoms with Gasteiger partial charge in [-0.1, -0.05) is 38.5 Å². The molecule has 2 aromatic rings. The van der Waals surface area contributed by atoms with E-state index in [0.29, 0.717) is 23.5 Å². The fourth-order valence-electron chi connectivity index (χ4n) is 6.37. The molecule has 36 heavy (non-hydrogen) atoms. The average Bonchev–Trinajstić information content (AvgIpc) is 3.53. The molecule has 0 aliphatic heterocycles. The largest absolute Gasteiger partial charge is 0.573 e. The van der Waals surface area contributed by atoms with E-state index in [0.717, 1.165) is 24.8 Å². The van der Waals surface area contributed by atoms with Crippen LogP contribution in [0.3, 0.4) is 0 Å². The third-order valence-electron chi connectivity index (χ3n) is 7.82. The number of hydrogen-bond donors (Lipinski definition) is 0. The maximum absolute atomic E-state index is 13.1. The second kappa shape index (κ2) is 9.96. The molecule has 5 nitrogen and oxygen atoms in total. The van der Waals surface area contributed by atoms with Crippen molar-refractivity contribution in [2.75, 3.05) is 0 Å². The monoisotopic (exact) mass is 504 g/mol. The van der Waals surface area contributed by atoms with Gasteiger partial charge >= 0.3 is 12.3 Å². The van der Waals surface area contributed by atoms with Crippen LogP contribution in [0.1, 0.15) is 56.3 Å². The summed E-state index contributed by atoms with van der Waals surface area (Å²) in [6, 6.07) is 12.0. The summed E-state index contributed by atoms with van der Waals surface area (Å²) in [7, 11) is 0. The zero-order chi connectivity index (χ0) is 25.4. The molecule has 194 valence electrons. The van der Waals surface area contributed by atoms with Crippen LogP contribution in [0.5, 0.6) is 17.2 Å². The van der Waals surface area contributed by atoms with Crippen LogP contribution in [0.2, 0.25) is 0 Å². The maximum Gasteiger partial charge on any atom is 0.573 e. The van der Waals surface area contributed by atoms with Gasteiger partial charge in [0.2, 0.25) is 6.29 Å². The Labute approximate surface area is 208 Å². The summed E-state index contributed by atoms with van der Waals surface area (Å²) in [5.41, 5.74) is 0.0413. The highest BCUT2D eigenvalue weighted by Gasteiger charge is 2.54. The predicted molar refractivity (Wildman–Crippen MR) is 126 cm³/mol.